The van der Waals surface area contributed by atoms with Gasteiger partial charge >= 0.3 is 5.97 Å². The van der Waals surface area contributed by atoms with Gasteiger partial charge in [-0.25, -0.2) is 4.79 Å². The van der Waals surface area contributed by atoms with Gasteiger partial charge in [-0.1, -0.05) is 48.3 Å². The summed E-state index contributed by atoms with van der Waals surface area (Å²) in [6, 6.07) is 8.25. The third-order valence-corrected chi connectivity index (χ3v) is 5.28. The average molecular weight is 433 g/mol. The van der Waals surface area contributed by atoms with Crippen LogP contribution in [0.4, 0.5) is 0 Å². The summed E-state index contributed by atoms with van der Waals surface area (Å²) in [5.74, 6) is -3.34. The first kappa shape index (κ1) is 20.8. The number of nitriles is 1. The Labute approximate surface area is 166 Å². The van der Waals surface area contributed by atoms with Gasteiger partial charge in [-0.05, 0) is 29.7 Å². The Hall–Kier alpha value is -2.46. The topological polar surface area (TPSA) is 87.5 Å². The van der Waals surface area contributed by atoms with Crippen LogP contribution in [-0.2, 0) is 19.1 Å². The highest BCUT2D eigenvalue weighted by Gasteiger charge is 2.45. The van der Waals surface area contributed by atoms with Crippen LogP contribution in [0.3, 0.4) is 0 Å². The molecule has 1 saturated heterocycles. The predicted octanol–water partition coefficient (Wildman–Crippen LogP) is 2.97. The van der Waals surface area contributed by atoms with Crippen molar-refractivity contribution in [3.63, 3.8) is 0 Å². The van der Waals surface area contributed by atoms with Crippen LogP contribution >= 0.6 is 15.9 Å². The second kappa shape index (κ2) is 8.96. The molecule has 1 aliphatic heterocycles. The van der Waals surface area contributed by atoms with E-state index in [-0.39, 0.29) is 12.5 Å². The van der Waals surface area contributed by atoms with Crippen molar-refractivity contribution in [2.24, 2.45) is 11.8 Å². The number of benzene rings is 1. The number of hydrogen-bond acceptors (Lipinski definition) is 5. The van der Waals surface area contributed by atoms with Crippen LogP contribution in [0.15, 0.2) is 34.3 Å². The highest BCUT2D eigenvalue weighted by molar-refractivity contribution is 9.10. The molecule has 3 unspecified atom stereocenters. The average Bonchev–Trinajstić information content (AvgIpc) is 2.67. The number of halogens is 1. The Bertz CT molecular complexity index is 810. The largest absolute Gasteiger partial charge is 0.467 e. The normalized spacial score (nSPS) is 20.9. The van der Waals surface area contributed by atoms with E-state index in [0.29, 0.717) is 12.0 Å². The zero-order chi connectivity index (χ0) is 20.1. The summed E-state index contributed by atoms with van der Waals surface area (Å²) < 4.78 is 5.77. The van der Waals surface area contributed by atoms with Gasteiger partial charge in [0.15, 0.2) is 11.7 Å². The van der Waals surface area contributed by atoms with Crippen molar-refractivity contribution in [2.45, 2.75) is 26.3 Å². The molecule has 1 aromatic rings. The highest BCUT2D eigenvalue weighted by atomic mass is 79.9. The SMILES string of the molecule is CCC(C)C(C(=O)OC)N1C/C(=C\c2ccc(Br)cc2)C(=O)C(C#N)C1=O. The van der Waals surface area contributed by atoms with Gasteiger partial charge in [0.2, 0.25) is 5.91 Å². The van der Waals surface area contributed by atoms with E-state index in [1.165, 1.54) is 12.0 Å². The fourth-order valence-electron chi connectivity index (χ4n) is 3.04. The molecule has 1 amide bonds. The van der Waals surface area contributed by atoms with E-state index in [1.54, 1.807) is 12.1 Å². The lowest BCUT2D eigenvalue weighted by Gasteiger charge is -2.37. The lowest BCUT2D eigenvalue weighted by Crippen LogP contribution is -2.56. The number of Topliss-reactive ketones (excluding diaryl/α,β-unsaturated/α-hetero) is 1. The summed E-state index contributed by atoms with van der Waals surface area (Å²) in [4.78, 5) is 39.0. The van der Waals surface area contributed by atoms with Crippen LogP contribution in [0.25, 0.3) is 6.08 Å². The second-order valence-electron chi connectivity index (χ2n) is 6.47. The molecule has 3 atom stereocenters. The number of carbonyl (C=O) groups excluding carboxylic acids is 3. The van der Waals surface area contributed by atoms with Gasteiger partial charge in [-0.3, -0.25) is 9.59 Å². The summed E-state index contributed by atoms with van der Waals surface area (Å²) in [5, 5.41) is 9.38. The molecule has 0 aliphatic carbocycles. The van der Waals surface area contributed by atoms with Gasteiger partial charge in [0.1, 0.15) is 6.04 Å². The van der Waals surface area contributed by atoms with Gasteiger partial charge in [0.25, 0.3) is 0 Å². The first-order chi connectivity index (χ1) is 12.8. The molecule has 0 aromatic heterocycles. The van der Waals surface area contributed by atoms with Crippen LogP contribution in [-0.4, -0.2) is 42.3 Å². The van der Waals surface area contributed by atoms with Crippen LogP contribution < -0.4 is 0 Å². The first-order valence-electron chi connectivity index (χ1n) is 8.62. The molecule has 0 spiro atoms. The number of ketones is 1. The number of ether oxygens (including phenoxy) is 1. The molecular formula is C20H21BrN2O4. The van der Waals surface area contributed by atoms with Crippen LogP contribution in [0, 0.1) is 23.2 Å². The molecule has 142 valence electrons. The Morgan fingerprint density at radius 2 is 2.04 bits per heavy atom. The molecular weight excluding hydrogens is 412 g/mol. The Morgan fingerprint density at radius 1 is 1.41 bits per heavy atom. The maximum absolute atomic E-state index is 12.7. The summed E-state index contributed by atoms with van der Waals surface area (Å²) in [6.45, 7) is 3.71. The minimum Gasteiger partial charge on any atom is -0.467 e. The van der Waals surface area contributed by atoms with Crippen molar-refractivity contribution in [1.29, 1.82) is 5.26 Å². The van der Waals surface area contributed by atoms with Crippen molar-refractivity contribution >= 4 is 39.7 Å². The third kappa shape index (κ3) is 4.45. The van der Waals surface area contributed by atoms with Gasteiger partial charge in [-0.2, -0.15) is 5.26 Å². The smallest absolute Gasteiger partial charge is 0.328 e. The van der Waals surface area contributed by atoms with Crippen molar-refractivity contribution in [3.8, 4) is 6.07 Å². The zero-order valence-corrected chi connectivity index (χ0v) is 17.0. The molecule has 27 heavy (non-hydrogen) atoms. The lowest BCUT2D eigenvalue weighted by atomic mass is 9.87. The number of carbonyl (C=O) groups is 3. The molecule has 0 N–H and O–H groups in total. The number of hydrogen-bond donors (Lipinski definition) is 0. The Kier molecular flexibility index (Phi) is 6.92. The quantitative estimate of drug-likeness (QED) is 0.405. The molecule has 6 nitrogen and oxygen atoms in total. The predicted molar refractivity (Wildman–Crippen MR) is 103 cm³/mol. The maximum Gasteiger partial charge on any atom is 0.328 e. The van der Waals surface area contributed by atoms with Crippen molar-refractivity contribution in [2.75, 3.05) is 13.7 Å². The fraction of sp³-hybridized carbons (Fsp3) is 0.400. The van der Waals surface area contributed by atoms with E-state index in [0.717, 1.165) is 10.0 Å². The summed E-state index contributed by atoms with van der Waals surface area (Å²) >= 11 is 3.35. The molecule has 0 bridgehead atoms. The molecule has 0 saturated carbocycles. The molecule has 7 heteroatoms. The Balaban J connectivity index is 2.47. The summed E-state index contributed by atoms with van der Waals surface area (Å²) in [7, 11) is 1.26. The minimum atomic E-state index is -1.45. The first-order valence-corrected chi connectivity index (χ1v) is 9.41. The van der Waals surface area contributed by atoms with E-state index in [9.17, 15) is 19.6 Å². The second-order valence-corrected chi connectivity index (χ2v) is 7.38. The Morgan fingerprint density at radius 3 is 2.56 bits per heavy atom. The van der Waals surface area contributed by atoms with Crippen LogP contribution in [0.1, 0.15) is 25.8 Å². The van der Waals surface area contributed by atoms with Gasteiger partial charge in [0, 0.05) is 10.0 Å². The van der Waals surface area contributed by atoms with Gasteiger partial charge < -0.3 is 9.64 Å². The van der Waals surface area contributed by atoms with Crippen molar-refractivity contribution in [3.05, 3.63) is 39.9 Å². The lowest BCUT2D eigenvalue weighted by molar-refractivity contribution is -0.158. The molecule has 1 aliphatic rings. The molecule has 0 radical (unpaired) electrons. The highest BCUT2D eigenvalue weighted by Crippen LogP contribution is 2.27. The summed E-state index contributed by atoms with van der Waals surface area (Å²) in [5.41, 5.74) is 1.09. The van der Waals surface area contributed by atoms with E-state index >= 15 is 0 Å². The summed E-state index contributed by atoms with van der Waals surface area (Å²) in [6.07, 6.45) is 2.30. The number of nitrogens with zero attached hydrogens (tertiary/aromatic N) is 2. The number of esters is 1. The van der Waals surface area contributed by atoms with Crippen LogP contribution in [0.2, 0.25) is 0 Å². The van der Waals surface area contributed by atoms with Gasteiger partial charge in [-0.15, -0.1) is 0 Å². The van der Waals surface area contributed by atoms with E-state index in [1.807, 2.05) is 38.1 Å². The number of rotatable bonds is 5. The standard InChI is InChI=1S/C20H21BrN2O4/c1-4-12(2)17(20(26)27-3)23-11-14(18(24)16(10-22)19(23)25)9-13-5-7-15(21)8-6-13/h5-9,12,16-17H,4,11H2,1-3H3/b14-9+. The molecule has 2 rings (SSSR count). The fourth-order valence-corrected chi connectivity index (χ4v) is 3.30. The minimum absolute atomic E-state index is 0.0317. The van der Waals surface area contributed by atoms with E-state index < -0.39 is 29.6 Å². The number of methoxy groups -OCH3 is 1. The number of amides is 1. The van der Waals surface area contributed by atoms with Gasteiger partial charge in [0.05, 0.1) is 19.7 Å². The third-order valence-electron chi connectivity index (χ3n) is 4.75. The number of likely N-dealkylation sites (tertiary alicyclic amines) is 1. The monoisotopic (exact) mass is 432 g/mol. The number of piperidine rings is 1. The maximum atomic E-state index is 12.7. The molecule has 1 heterocycles. The van der Waals surface area contributed by atoms with Crippen molar-refractivity contribution in [1.82, 2.24) is 4.90 Å². The van der Waals surface area contributed by atoms with Crippen molar-refractivity contribution < 1.29 is 19.1 Å². The molecule has 1 aromatic carbocycles. The zero-order valence-electron chi connectivity index (χ0n) is 15.4. The van der Waals surface area contributed by atoms with Crippen LogP contribution in [0.5, 0.6) is 0 Å². The molecule has 1 fully saturated rings. The van der Waals surface area contributed by atoms with E-state index in [4.69, 9.17) is 4.74 Å². The van der Waals surface area contributed by atoms with E-state index in [2.05, 4.69) is 15.9 Å².